The quantitative estimate of drug-likeness (QED) is 0.835. The number of halogens is 2. The highest BCUT2D eigenvalue weighted by atomic mass is 79.9. The van der Waals surface area contributed by atoms with E-state index < -0.39 is 10.0 Å². The van der Waals surface area contributed by atoms with Crippen LogP contribution in [0.2, 0.25) is 0 Å². The summed E-state index contributed by atoms with van der Waals surface area (Å²) in [5, 5.41) is 0. The second-order valence-corrected chi connectivity index (χ2v) is 6.15. The monoisotopic (exact) mass is 358 g/mol. The summed E-state index contributed by atoms with van der Waals surface area (Å²) in [5.74, 6) is 0.296. The molecule has 0 aliphatic carbocycles. The zero-order valence-corrected chi connectivity index (χ0v) is 13.2. The first-order valence-electron chi connectivity index (χ1n) is 4.96. The largest absolute Gasteiger partial charge is 0.495 e. The molecule has 0 heterocycles. The highest BCUT2D eigenvalue weighted by Gasteiger charge is 2.21. The lowest BCUT2D eigenvalue weighted by Crippen LogP contribution is -2.37. The Labute approximate surface area is 122 Å². The Morgan fingerprint density at radius 1 is 1.50 bits per heavy atom. The smallest absolute Gasteiger partial charge is 0.244 e. The van der Waals surface area contributed by atoms with Gasteiger partial charge in [-0.1, -0.05) is 15.9 Å². The number of sulfonamides is 1. The summed E-state index contributed by atoms with van der Waals surface area (Å²) in [6.07, 6.45) is 0. The highest BCUT2D eigenvalue weighted by Crippen LogP contribution is 2.27. The summed E-state index contributed by atoms with van der Waals surface area (Å²) in [6.45, 7) is 1.93. The molecule has 0 radical (unpaired) electrons. The molecule has 5 nitrogen and oxygen atoms in total. The number of methoxy groups -OCH3 is 1. The fraction of sp³-hybridized carbons (Fsp3) is 0.400. The van der Waals surface area contributed by atoms with E-state index in [-0.39, 0.29) is 29.9 Å². The van der Waals surface area contributed by atoms with E-state index in [4.69, 9.17) is 10.5 Å². The van der Waals surface area contributed by atoms with Crippen molar-refractivity contribution < 1.29 is 13.2 Å². The van der Waals surface area contributed by atoms with Crippen molar-refractivity contribution in [1.29, 1.82) is 0 Å². The van der Waals surface area contributed by atoms with Crippen molar-refractivity contribution >= 4 is 38.4 Å². The molecule has 0 saturated heterocycles. The number of hydrogen-bond acceptors (Lipinski definition) is 4. The van der Waals surface area contributed by atoms with Gasteiger partial charge >= 0.3 is 0 Å². The molecule has 0 saturated carbocycles. The maximum atomic E-state index is 12.1. The Balaban J connectivity index is 0.00000289. The van der Waals surface area contributed by atoms with Crippen molar-refractivity contribution in [1.82, 2.24) is 4.72 Å². The third kappa shape index (κ3) is 4.40. The normalized spacial score (nSPS) is 12.7. The minimum absolute atomic E-state index is 0. The standard InChI is InChI=1S/C10H15BrN2O3S.ClH/c1-7(6-12)13-17(14,15)10-5-8(11)3-4-9(10)16-2;/h3-5,7,13H,6,12H2,1-2H3;1H/t7-;/m1./s1. The maximum Gasteiger partial charge on any atom is 0.244 e. The van der Waals surface area contributed by atoms with Crippen LogP contribution in [0.25, 0.3) is 0 Å². The van der Waals surface area contributed by atoms with Gasteiger partial charge in [0.05, 0.1) is 7.11 Å². The first-order chi connectivity index (χ1) is 7.90. The second-order valence-electron chi connectivity index (χ2n) is 3.55. The molecule has 0 amide bonds. The van der Waals surface area contributed by atoms with Crippen molar-refractivity contribution in [2.24, 2.45) is 5.73 Å². The number of benzene rings is 1. The van der Waals surface area contributed by atoms with Gasteiger partial charge in [-0.3, -0.25) is 0 Å². The van der Waals surface area contributed by atoms with Crippen LogP contribution in [-0.4, -0.2) is 28.1 Å². The van der Waals surface area contributed by atoms with Crippen LogP contribution in [-0.2, 0) is 10.0 Å². The van der Waals surface area contributed by atoms with Gasteiger partial charge in [0.2, 0.25) is 10.0 Å². The van der Waals surface area contributed by atoms with Crippen LogP contribution in [0.4, 0.5) is 0 Å². The summed E-state index contributed by atoms with van der Waals surface area (Å²) >= 11 is 3.23. The Bertz CT molecular complexity index is 496. The summed E-state index contributed by atoms with van der Waals surface area (Å²) in [7, 11) is -2.20. The van der Waals surface area contributed by atoms with Crippen LogP contribution in [0.15, 0.2) is 27.6 Å². The van der Waals surface area contributed by atoms with Gasteiger partial charge in [-0.15, -0.1) is 12.4 Å². The average Bonchev–Trinajstić information content (AvgIpc) is 2.28. The number of nitrogens with two attached hydrogens (primary N) is 1. The molecule has 0 aromatic heterocycles. The molecule has 0 spiro atoms. The third-order valence-electron chi connectivity index (χ3n) is 2.13. The van der Waals surface area contributed by atoms with Gasteiger partial charge in [0, 0.05) is 17.1 Å². The lowest BCUT2D eigenvalue weighted by molar-refractivity contribution is 0.402. The molecule has 1 rings (SSSR count). The zero-order valence-electron chi connectivity index (χ0n) is 10.0. The Morgan fingerprint density at radius 3 is 2.61 bits per heavy atom. The predicted octanol–water partition coefficient (Wildman–Crippen LogP) is 1.50. The van der Waals surface area contributed by atoms with E-state index in [2.05, 4.69) is 20.7 Å². The number of nitrogens with one attached hydrogen (secondary N) is 1. The molecule has 3 N–H and O–H groups in total. The number of rotatable bonds is 5. The topological polar surface area (TPSA) is 81.4 Å². The SMILES string of the molecule is COc1ccc(Br)cc1S(=O)(=O)N[C@H](C)CN.Cl. The molecule has 0 aliphatic rings. The molecule has 18 heavy (non-hydrogen) atoms. The van der Waals surface area contributed by atoms with Crippen molar-refractivity contribution in [3.8, 4) is 5.75 Å². The van der Waals surface area contributed by atoms with Gasteiger partial charge in [0.15, 0.2) is 0 Å². The molecular weight excluding hydrogens is 344 g/mol. The second kappa shape index (κ2) is 7.30. The van der Waals surface area contributed by atoms with Crippen LogP contribution < -0.4 is 15.2 Å². The predicted molar refractivity (Wildman–Crippen MR) is 76.8 cm³/mol. The van der Waals surface area contributed by atoms with Crippen molar-refractivity contribution in [2.45, 2.75) is 17.9 Å². The van der Waals surface area contributed by atoms with E-state index in [1.807, 2.05) is 0 Å². The molecule has 104 valence electrons. The molecule has 0 unspecified atom stereocenters. The highest BCUT2D eigenvalue weighted by molar-refractivity contribution is 9.10. The van der Waals surface area contributed by atoms with Crippen LogP contribution in [0, 0.1) is 0 Å². The van der Waals surface area contributed by atoms with Crippen molar-refractivity contribution in [3.63, 3.8) is 0 Å². The van der Waals surface area contributed by atoms with E-state index in [0.29, 0.717) is 10.2 Å². The Hall–Kier alpha value is -0.340. The lowest BCUT2D eigenvalue weighted by Gasteiger charge is -2.14. The van der Waals surface area contributed by atoms with Gasteiger partial charge < -0.3 is 10.5 Å². The average molecular weight is 360 g/mol. The summed E-state index contributed by atoms with van der Waals surface area (Å²) in [4.78, 5) is 0.0923. The summed E-state index contributed by atoms with van der Waals surface area (Å²) < 4.78 is 32.3. The minimum Gasteiger partial charge on any atom is -0.495 e. The molecule has 1 aromatic rings. The first-order valence-corrected chi connectivity index (χ1v) is 7.24. The van der Waals surface area contributed by atoms with Gasteiger partial charge in [-0.2, -0.15) is 0 Å². The van der Waals surface area contributed by atoms with Gasteiger partial charge in [0.25, 0.3) is 0 Å². The zero-order chi connectivity index (χ0) is 13.1. The van der Waals surface area contributed by atoms with E-state index in [9.17, 15) is 8.42 Å². The van der Waals surface area contributed by atoms with Crippen LogP contribution in [0.3, 0.4) is 0 Å². The van der Waals surface area contributed by atoms with E-state index >= 15 is 0 Å². The molecule has 1 atom stereocenters. The molecule has 0 bridgehead atoms. The molecule has 8 heteroatoms. The van der Waals surface area contributed by atoms with Crippen molar-refractivity contribution in [3.05, 3.63) is 22.7 Å². The Morgan fingerprint density at radius 2 is 2.11 bits per heavy atom. The van der Waals surface area contributed by atoms with E-state index in [0.717, 1.165) is 0 Å². The van der Waals surface area contributed by atoms with Gasteiger partial charge in [-0.05, 0) is 25.1 Å². The van der Waals surface area contributed by atoms with Gasteiger partial charge in [-0.25, -0.2) is 13.1 Å². The lowest BCUT2D eigenvalue weighted by atomic mass is 10.3. The number of hydrogen-bond donors (Lipinski definition) is 2. The van der Waals surface area contributed by atoms with Crippen LogP contribution >= 0.6 is 28.3 Å². The van der Waals surface area contributed by atoms with E-state index in [1.165, 1.54) is 13.2 Å². The van der Waals surface area contributed by atoms with Crippen LogP contribution in [0.5, 0.6) is 5.75 Å². The number of ether oxygens (including phenoxy) is 1. The Kier molecular flexibility index (Phi) is 7.16. The van der Waals surface area contributed by atoms with Gasteiger partial charge in [0.1, 0.15) is 10.6 Å². The summed E-state index contributed by atoms with van der Waals surface area (Å²) in [6, 6.07) is 4.46. The molecule has 1 aromatic carbocycles. The molecule has 0 fully saturated rings. The van der Waals surface area contributed by atoms with Crippen LogP contribution in [0.1, 0.15) is 6.92 Å². The fourth-order valence-electron chi connectivity index (χ4n) is 1.24. The molecule has 0 aliphatic heterocycles. The van der Waals surface area contributed by atoms with E-state index in [1.54, 1.807) is 19.1 Å². The minimum atomic E-state index is -3.62. The van der Waals surface area contributed by atoms with Crippen molar-refractivity contribution in [2.75, 3.05) is 13.7 Å². The first kappa shape index (κ1) is 17.7. The fourth-order valence-corrected chi connectivity index (χ4v) is 3.20. The third-order valence-corrected chi connectivity index (χ3v) is 4.23. The maximum absolute atomic E-state index is 12.1. The molecular formula is C10H16BrClN2O3S. The summed E-state index contributed by atoms with van der Waals surface area (Å²) in [5.41, 5.74) is 5.39.